The van der Waals surface area contributed by atoms with Crippen molar-refractivity contribution < 1.29 is 5.11 Å². The quantitative estimate of drug-likeness (QED) is 0.713. The van der Waals surface area contributed by atoms with E-state index in [2.05, 4.69) is 15.4 Å². The molecule has 0 aromatic carbocycles. The van der Waals surface area contributed by atoms with E-state index in [9.17, 15) is 5.11 Å². The van der Waals surface area contributed by atoms with Crippen molar-refractivity contribution in [1.82, 2.24) is 20.1 Å². The number of aromatic nitrogens is 3. The van der Waals surface area contributed by atoms with Crippen molar-refractivity contribution in [2.75, 3.05) is 6.54 Å². The number of aliphatic hydroxyl groups is 1. The predicted molar refractivity (Wildman–Crippen MR) is 51.6 cm³/mol. The largest absolute Gasteiger partial charge is 0.385 e. The number of nitrogens with one attached hydrogen (secondary N) is 1. The van der Waals surface area contributed by atoms with Gasteiger partial charge in [0.2, 0.25) is 0 Å². The summed E-state index contributed by atoms with van der Waals surface area (Å²) < 4.78 is 1.62. The van der Waals surface area contributed by atoms with Crippen molar-refractivity contribution in [2.45, 2.75) is 31.4 Å². The zero-order valence-electron chi connectivity index (χ0n) is 8.35. The molecule has 1 aromatic heterocycles. The molecular formula is C9H16N4O. The Morgan fingerprint density at radius 3 is 3.21 bits per heavy atom. The lowest BCUT2D eigenvalue weighted by atomic mass is 10.1. The van der Waals surface area contributed by atoms with Gasteiger partial charge in [-0.2, -0.15) is 5.10 Å². The van der Waals surface area contributed by atoms with Crippen molar-refractivity contribution in [2.24, 2.45) is 7.05 Å². The SMILES string of the molecule is Cn1ncnc1C(O)CC1CCCN1. The van der Waals surface area contributed by atoms with E-state index in [1.807, 2.05) is 0 Å². The predicted octanol–water partition coefficient (Wildman–Crippen LogP) is -0.00940. The van der Waals surface area contributed by atoms with Gasteiger partial charge in [-0.25, -0.2) is 4.98 Å². The molecule has 2 rings (SSSR count). The van der Waals surface area contributed by atoms with Gasteiger partial charge in [0.25, 0.3) is 0 Å². The lowest BCUT2D eigenvalue weighted by Gasteiger charge is -2.14. The summed E-state index contributed by atoms with van der Waals surface area (Å²) in [7, 11) is 1.80. The number of aryl methyl sites for hydroxylation is 1. The van der Waals surface area contributed by atoms with E-state index in [0.717, 1.165) is 19.4 Å². The third-order valence-corrected chi connectivity index (χ3v) is 2.71. The van der Waals surface area contributed by atoms with E-state index in [1.165, 1.54) is 12.7 Å². The first-order valence-corrected chi connectivity index (χ1v) is 5.02. The van der Waals surface area contributed by atoms with Gasteiger partial charge in [-0.3, -0.25) is 4.68 Å². The molecule has 0 aliphatic carbocycles. The molecule has 1 fully saturated rings. The van der Waals surface area contributed by atoms with Gasteiger partial charge < -0.3 is 10.4 Å². The lowest BCUT2D eigenvalue weighted by Crippen LogP contribution is -2.24. The maximum Gasteiger partial charge on any atom is 0.155 e. The zero-order valence-corrected chi connectivity index (χ0v) is 8.35. The van der Waals surface area contributed by atoms with Crippen LogP contribution in [0.1, 0.15) is 31.2 Å². The average molecular weight is 196 g/mol. The Bertz CT molecular complexity index is 293. The maximum absolute atomic E-state index is 9.89. The fraction of sp³-hybridized carbons (Fsp3) is 0.778. The van der Waals surface area contributed by atoms with Crippen LogP contribution in [0.3, 0.4) is 0 Å². The molecular weight excluding hydrogens is 180 g/mol. The molecule has 5 heteroatoms. The molecule has 1 aliphatic heterocycles. The van der Waals surface area contributed by atoms with Crippen molar-refractivity contribution in [3.8, 4) is 0 Å². The van der Waals surface area contributed by atoms with Gasteiger partial charge in [0, 0.05) is 13.1 Å². The summed E-state index contributed by atoms with van der Waals surface area (Å²) in [5.41, 5.74) is 0. The monoisotopic (exact) mass is 196 g/mol. The summed E-state index contributed by atoms with van der Waals surface area (Å²) in [6.07, 6.45) is 4.05. The van der Waals surface area contributed by atoms with Gasteiger partial charge >= 0.3 is 0 Å². The van der Waals surface area contributed by atoms with Gasteiger partial charge in [0.15, 0.2) is 5.82 Å². The van der Waals surface area contributed by atoms with E-state index < -0.39 is 6.10 Å². The number of nitrogens with zero attached hydrogens (tertiary/aromatic N) is 3. The highest BCUT2D eigenvalue weighted by atomic mass is 16.3. The number of aliphatic hydroxyl groups excluding tert-OH is 1. The van der Waals surface area contributed by atoms with Gasteiger partial charge in [-0.1, -0.05) is 0 Å². The second-order valence-corrected chi connectivity index (χ2v) is 3.79. The number of rotatable bonds is 3. The van der Waals surface area contributed by atoms with E-state index >= 15 is 0 Å². The van der Waals surface area contributed by atoms with E-state index in [4.69, 9.17) is 0 Å². The molecule has 0 saturated carbocycles. The van der Waals surface area contributed by atoms with Gasteiger partial charge in [0.1, 0.15) is 12.4 Å². The van der Waals surface area contributed by atoms with E-state index in [1.54, 1.807) is 11.7 Å². The van der Waals surface area contributed by atoms with Crippen LogP contribution in [-0.2, 0) is 7.05 Å². The minimum Gasteiger partial charge on any atom is -0.385 e. The Kier molecular flexibility index (Phi) is 2.79. The standard InChI is InChI=1S/C9H16N4O/c1-13-9(11-6-12-13)8(14)5-7-3-2-4-10-7/h6-8,10,14H,2-5H2,1H3. The highest BCUT2D eigenvalue weighted by Gasteiger charge is 2.21. The third-order valence-electron chi connectivity index (χ3n) is 2.71. The zero-order chi connectivity index (χ0) is 9.97. The summed E-state index contributed by atoms with van der Waals surface area (Å²) in [5, 5.41) is 17.2. The van der Waals surface area contributed by atoms with Crippen LogP contribution in [0.25, 0.3) is 0 Å². The highest BCUT2D eigenvalue weighted by Crippen LogP contribution is 2.19. The second kappa shape index (κ2) is 4.06. The summed E-state index contributed by atoms with van der Waals surface area (Å²) in [5.74, 6) is 0.652. The Morgan fingerprint density at radius 1 is 1.79 bits per heavy atom. The molecule has 1 aliphatic rings. The molecule has 5 nitrogen and oxygen atoms in total. The van der Waals surface area contributed by atoms with E-state index in [-0.39, 0.29) is 0 Å². The number of hydrogen-bond donors (Lipinski definition) is 2. The molecule has 2 atom stereocenters. The van der Waals surface area contributed by atoms with Crippen molar-refractivity contribution in [3.63, 3.8) is 0 Å². The van der Waals surface area contributed by atoms with Gasteiger partial charge in [-0.05, 0) is 25.8 Å². The second-order valence-electron chi connectivity index (χ2n) is 3.79. The molecule has 78 valence electrons. The molecule has 14 heavy (non-hydrogen) atoms. The molecule has 0 radical (unpaired) electrons. The van der Waals surface area contributed by atoms with Gasteiger partial charge in [-0.15, -0.1) is 0 Å². The summed E-state index contributed by atoms with van der Waals surface area (Å²) in [6.45, 7) is 1.07. The topological polar surface area (TPSA) is 63.0 Å². The van der Waals surface area contributed by atoms with Crippen LogP contribution in [0.15, 0.2) is 6.33 Å². The highest BCUT2D eigenvalue weighted by molar-refractivity contribution is 4.92. The Hall–Kier alpha value is -0.940. The van der Waals surface area contributed by atoms with Gasteiger partial charge in [0.05, 0.1) is 0 Å². The van der Waals surface area contributed by atoms with Crippen LogP contribution < -0.4 is 5.32 Å². The van der Waals surface area contributed by atoms with Crippen molar-refractivity contribution in [1.29, 1.82) is 0 Å². The van der Waals surface area contributed by atoms with Crippen molar-refractivity contribution in [3.05, 3.63) is 12.2 Å². The summed E-state index contributed by atoms with van der Waals surface area (Å²) in [4.78, 5) is 4.03. The third kappa shape index (κ3) is 1.93. The fourth-order valence-corrected chi connectivity index (χ4v) is 1.94. The summed E-state index contributed by atoms with van der Waals surface area (Å²) in [6, 6.07) is 0.432. The molecule has 0 amide bonds. The molecule has 1 aromatic rings. The molecule has 0 spiro atoms. The molecule has 2 heterocycles. The van der Waals surface area contributed by atoms with Crippen LogP contribution >= 0.6 is 0 Å². The molecule has 0 bridgehead atoms. The first kappa shape index (κ1) is 9.61. The smallest absolute Gasteiger partial charge is 0.155 e. The van der Waals surface area contributed by atoms with Crippen LogP contribution in [-0.4, -0.2) is 32.5 Å². The molecule has 2 N–H and O–H groups in total. The minimum absolute atomic E-state index is 0.432. The molecule has 1 saturated heterocycles. The maximum atomic E-state index is 9.89. The average Bonchev–Trinajstić information content (AvgIpc) is 2.75. The first-order valence-electron chi connectivity index (χ1n) is 5.02. The fourth-order valence-electron chi connectivity index (χ4n) is 1.94. The Labute approximate surface area is 83.2 Å². The Balaban J connectivity index is 1.95. The normalized spacial score (nSPS) is 24.0. The Morgan fingerprint density at radius 2 is 2.64 bits per heavy atom. The number of hydrogen-bond acceptors (Lipinski definition) is 4. The first-order chi connectivity index (χ1) is 6.77. The summed E-state index contributed by atoms with van der Waals surface area (Å²) >= 11 is 0. The van der Waals surface area contributed by atoms with Crippen LogP contribution in [0.2, 0.25) is 0 Å². The minimum atomic E-state index is -0.502. The van der Waals surface area contributed by atoms with Crippen LogP contribution in [0.5, 0.6) is 0 Å². The lowest BCUT2D eigenvalue weighted by molar-refractivity contribution is 0.141. The van der Waals surface area contributed by atoms with Crippen LogP contribution in [0.4, 0.5) is 0 Å². The van der Waals surface area contributed by atoms with Crippen LogP contribution in [0, 0.1) is 0 Å². The van der Waals surface area contributed by atoms with Crippen molar-refractivity contribution >= 4 is 0 Å². The molecule has 2 unspecified atom stereocenters. The van der Waals surface area contributed by atoms with E-state index in [0.29, 0.717) is 11.9 Å².